The van der Waals surface area contributed by atoms with Crippen LogP contribution in [0.25, 0.3) is 0 Å². The van der Waals surface area contributed by atoms with E-state index in [4.69, 9.17) is 23.7 Å². The van der Waals surface area contributed by atoms with Crippen molar-refractivity contribution in [2.75, 3.05) is 6.61 Å². The van der Waals surface area contributed by atoms with E-state index in [1.807, 2.05) is 0 Å². The van der Waals surface area contributed by atoms with E-state index < -0.39 is 48.6 Å². The van der Waals surface area contributed by atoms with Crippen LogP contribution in [0.5, 0.6) is 0 Å². The van der Waals surface area contributed by atoms with Crippen LogP contribution in [0.2, 0.25) is 0 Å². The molecule has 0 aromatic carbocycles. The normalized spacial score (nSPS) is 35.2. The molecule has 2 rings (SSSR count). The van der Waals surface area contributed by atoms with Gasteiger partial charge in [-0.3, -0.25) is 14.4 Å². The number of hydrogen-bond donors (Lipinski definition) is 0. The standard InChI is InChI=1S/C12H16O8/c1-5(13)17-9-8-4-16-12(20-8)11(19-7(3)15)10(9)18-6(2)14/h8-12H,4H2,1-3H3/t8-,9-,10-,11+,12+/m0/s1. The van der Waals surface area contributed by atoms with Gasteiger partial charge in [-0.25, -0.2) is 0 Å². The van der Waals surface area contributed by atoms with Gasteiger partial charge in [-0.1, -0.05) is 0 Å². The first-order valence-corrected chi connectivity index (χ1v) is 6.17. The van der Waals surface area contributed by atoms with E-state index in [-0.39, 0.29) is 6.61 Å². The molecule has 2 heterocycles. The molecular weight excluding hydrogens is 272 g/mol. The van der Waals surface area contributed by atoms with Crippen molar-refractivity contribution < 1.29 is 38.1 Å². The van der Waals surface area contributed by atoms with Crippen LogP contribution in [0.4, 0.5) is 0 Å². The molecule has 0 aliphatic carbocycles. The van der Waals surface area contributed by atoms with E-state index in [0.717, 1.165) is 0 Å². The SMILES string of the molecule is CC(=O)O[C@H]1[C@@H](OC(C)=O)[C@@H]2CO[C@H](O2)[C@@H]1OC(C)=O. The first kappa shape index (κ1) is 14.7. The molecule has 112 valence electrons. The van der Waals surface area contributed by atoms with Crippen molar-refractivity contribution in [3.05, 3.63) is 0 Å². The quantitative estimate of drug-likeness (QED) is 0.508. The van der Waals surface area contributed by atoms with Gasteiger partial charge in [0.05, 0.1) is 6.61 Å². The zero-order valence-electron chi connectivity index (χ0n) is 11.4. The smallest absolute Gasteiger partial charge is 0.303 e. The Hall–Kier alpha value is -1.67. The van der Waals surface area contributed by atoms with Gasteiger partial charge in [0, 0.05) is 20.8 Å². The molecule has 2 aliphatic heterocycles. The fourth-order valence-electron chi connectivity index (χ4n) is 2.31. The third kappa shape index (κ3) is 3.07. The Bertz CT molecular complexity index is 390. The molecule has 2 saturated heterocycles. The predicted molar refractivity (Wildman–Crippen MR) is 61.3 cm³/mol. The average Bonchev–Trinajstić information content (AvgIpc) is 2.74. The maximum atomic E-state index is 11.2. The minimum absolute atomic E-state index is 0.165. The molecular formula is C12H16O8. The largest absolute Gasteiger partial charge is 0.456 e. The number of carbonyl (C=O) groups excluding carboxylic acids is 3. The molecule has 0 spiro atoms. The summed E-state index contributed by atoms with van der Waals surface area (Å²) in [7, 11) is 0. The highest BCUT2D eigenvalue weighted by Crippen LogP contribution is 2.33. The molecule has 8 nitrogen and oxygen atoms in total. The summed E-state index contributed by atoms with van der Waals surface area (Å²) in [6.45, 7) is 3.83. The van der Waals surface area contributed by atoms with Crippen LogP contribution in [-0.4, -0.2) is 55.2 Å². The van der Waals surface area contributed by atoms with Crippen molar-refractivity contribution in [1.82, 2.24) is 0 Å². The number of ether oxygens (including phenoxy) is 5. The number of carbonyl (C=O) groups is 3. The monoisotopic (exact) mass is 288 g/mol. The zero-order chi connectivity index (χ0) is 14.9. The molecule has 20 heavy (non-hydrogen) atoms. The van der Waals surface area contributed by atoms with Gasteiger partial charge >= 0.3 is 17.9 Å². The molecule has 0 aromatic rings. The van der Waals surface area contributed by atoms with Crippen LogP contribution in [0.3, 0.4) is 0 Å². The summed E-state index contributed by atoms with van der Waals surface area (Å²) in [5.74, 6) is -1.71. The van der Waals surface area contributed by atoms with Gasteiger partial charge in [-0.05, 0) is 0 Å². The zero-order valence-corrected chi connectivity index (χ0v) is 11.4. The lowest BCUT2D eigenvalue weighted by molar-refractivity contribution is -0.250. The molecule has 2 bridgehead atoms. The lowest BCUT2D eigenvalue weighted by Crippen LogP contribution is -2.58. The van der Waals surface area contributed by atoms with Gasteiger partial charge in [0.2, 0.25) is 0 Å². The van der Waals surface area contributed by atoms with Crippen LogP contribution in [0, 0.1) is 0 Å². The van der Waals surface area contributed by atoms with Crippen LogP contribution >= 0.6 is 0 Å². The summed E-state index contributed by atoms with van der Waals surface area (Å²) in [5, 5.41) is 0. The van der Waals surface area contributed by atoms with Gasteiger partial charge in [0.25, 0.3) is 0 Å². The summed E-state index contributed by atoms with van der Waals surface area (Å²) in [6, 6.07) is 0. The lowest BCUT2D eigenvalue weighted by atomic mass is 10.00. The summed E-state index contributed by atoms with van der Waals surface area (Å²) in [4.78, 5) is 33.6. The molecule has 5 atom stereocenters. The highest BCUT2D eigenvalue weighted by Gasteiger charge is 2.55. The maximum Gasteiger partial charge on any atom is 0.303 e. The van der Waals surface area contributed by atoms with Crippen molar-refractivity contribution in [3.63, 3.8) is 0 Å². The third-order valence-electron chi connectivity index (χ3n) is 2.92. The maximum absolute atomic E-state index is 11.2. The Morgan fingerprint density at radius 2 is 1.35 bits per heavy atom. The Kier molecular flexibility index (Phi) is 4.24. The average molecular weight is 288 g/mol. The molecule has 0 amide bonds. The summed E-state index contributed by atoms with van der Waals surface area (Å²) >= 11 is 0. The van der Waals surface area contributed by atoms with Crippen LogP contribution in [0.15, 0.2) is 0 Å². The highest BCUT2D eigenvalue weighted by molar-refractivity contribution is 5.68. The fraction of sp³-hybridized carbons (Fsp3) is 0.750. The predicted octanol–water partition coefficient (Wildman–Crippen LogP) is -0.463. The number of hydrogen-bond acceptors (Lipinski definition) is 8. The van der Waals surface area contributed by atoms with E-state index in [2.05, 4.69) is 0 Å². The van der Waals surface area contributed by atoms with Gasteiger partial charge in [-0.15, -0.1) is 0 Å². The minimum Gasteiger partial charge on any atom is -0.456 e. The van der Waals surface area contributed by atoms with Crippen molar-refractivity contribution in [3.8, 4) is 0 Å². The van der Waals surface area contributed by atoms with Gasteiger partial charge in [0.15, 0.2) is 24.6 Å². The first-order valence-electron chi connectivity index (χ1n) is 6.17. The second-order valence-electron chi connectivity index (χ2n) is 4.60. The first-order chi connectivity index (χ1) is 9.38. The Morgan fingerprint density at radius 1 is 0.850 bits per heavy atom. The Morgan fingerprint density at radius 3 is 1.90 bits per heavy atom. The van der Waals surface area contributed by atoms with Crippen molar-refractivity contribution in [2.45, 2.75) is 51.5 Å². The molecule has 0 unspecified atom stereocenters. The van der Waals surface area contributed by atoms with E-state index in [1.165, 1.54) is 20.8 Å². The molecule has 0 N–H and O–H groups in total. The van der Waals surface area contributed by atoms with Crippen LogP contribution in [-0.2, 0) is 38.1 Å². The Labute approximate surface area is 115 Å². The van der Waals surface area contributed by atoms with Crippen molar-refractivity contribution in [2.24, 2.45) is 0 Å². The molecule has 2 fully saturated rings. The lowest BCUT2D eigenvalue weighted by Gasteiger charge is -2.38. The van der Waals surface area contributed by atoms with Gasteiger partial charge in [-0.2, -0.15) is 0 Å². The number of esters is 3. The van der Waals surface area contributed by atoms with E-state index >= 15 is 0 Å². The summed E-state index contributed by atoms with van der Waals surface area (Å²) in [5.41, 5.74) is 0. The van der Waals surface area contributed by atoms with Crippen LogP contribution in [0.1, 0.15) is 20.8 Å². The third-order valence-corrected chi connectivity index (χ3v) is 2.92. The minimum atomic E-state index is -0.973. The second kappa shape index (κ2) is 5.76. The molecule has 0 saturated carbocycles. The molecule has 0 aromatic heterocycles. The van der Waals surface area contributed by atoms with E-state index in [0.29, 0.717) is 0 Å². The second-order valence-corrected chi connectivity index (χ2v) is 4.60. The van der Waals surface area contributed by atoms with E-state index in [9.17, 15) is 14.4 Å². The molecule has 8 heteroatoms. The topological polar surface area (TPSA) is 97.4 Å². The highest BCUT2D eigenvalue weighted by atomic mass is 16.8. The van der Waals surface area contributed by atoms with E-state index in [1.54, 1.807) is 0 Å². The summed E-state index contributed by atoms with van der Waals surface area (Å²) < 4.78 is 26.2. The van der Waals surface area contributed by atoms with Gasteiger partial charge in [0.1, 0.15) is 6.10 Å². The molecule has 0 radical (unpaired) electrons. The fourth-order valence-corrected chi connectivity index (χ4v) is 2.31. The van der Waals surface area contributed by atoms with Crippen molar-refractivity contribution in [1.29, 1.82) is 0 Å². The number of fused-ring (bicyclic) bond motifs is 2. The Balaban J connectivity index is 2.24. The number of rotatable bonds is 3. The molecule has 2 aliphatic rings. The van der Waals surface area contributed by atoms with Gasteiger partial charge < -0.3 is 23.7 Å². The van der Waals surface area contributed by atoms with Crippen LogP contribution < -0.4 is 0 Å². The summed E-state index contributed by atoms with van der Waals surface area (Å²) in [6.07, 6.45) is -4.19. The van der Waals surface area contributed by atoms with Crippen molar-refractivity contribution >= 4 is 17.9 Å².